The first-order valence-electron chi connectivity index (χ1n) is 7.68. The first-order chi connectivity index (χ1) is 10.5. The molecule has 1 saturated carbocycles. The summed E-state index contributed by atoms with van der Waals surface area (Å²) in [6, 6.07) is 5.01. The van der Waals surface area contributed by atoms with E-state index in [4.69, 9.17) is 14.6 Å². The maximum Gasteiger partial charge on any atom is 0.335 e. The molecule has 5 heteroatoms. The SMILES string of the molecule is CCOC(=O)C1CCC(Oc2ccc(C(=O)O)c(C)c2)CC1. The number of aromatic carboxylic acids is 1. The predicted octanol–water partition coefficient (Wildman–Crippen LogP) is 3.19. The number of carboxylic acid groups (broad SMARTS) is 1. The van der Waals surface area contributed by atoms with Crippen LogP contribution in [0.3, 0.4) is 0 Å². The molecule has 0 aromatic heterocycles. The van der Waals surface area contributed by atoms with Gasteiger partial charge < -0.3 is 14.6 Å². The van der Waals surface area contributed by atoms with Crippen LogP contribution in [0.4, 0.5) is 0 Å². The Morgan fingerprint density at radius 1 is 1.23 bits per heavy atom. The summed E-state index contributed by atoms with van der Waals surface area (Å²) >= 11 is 0. The van der Waals surface area contributed by atoms with Crippen molar-refractivity contribution in [1.29, 1.82) is 0 Å². The van der Waals surface area contributed by atoms with Gasteiger partial charge in [-0.3, -0.25) is 4.79 Å². The summed E-state index contributed by atoms with van der Waals surface area (Å²) in [4.78, 5) is 22.7. The molecule has 22 heavy (non-hydrogen) atoms. The molecule has 0 heterocycles. The summed E-state index contributed by atoms with van der Waals surface area (Å²) in [5, 5.41) is 9.02. The van der Waals surface area contributed by atoms with E-state index in [0.29, 0.717) is 23.5 Å². The second-order valence-electron chi connectivity index (χ2n) is 5.63. The van der Waals surface area contributed by atoms with E-state index in [1.807, 2.05) is 6.92 Å². The van der Waals surface area contributed by atoms with Crippen LogP contribution in [0.5, 0.6) is 5.75 Å². The largest absolute Gasteiger partial charge is 0.490 e. The Morgan fingerprint density at radius 2 is 1.91 bits per heavy atom. The first kappa shape index (κ1) is 16.3. The van der Waals surface area contributed by atoms with Crippen LogP contribution in [0.2, 0.25) is 0 Å². The van der Waals surface area contributed by atoms with Crippen molar-refractivity contribution in [2.24, 2.45) is 5.92 Å². The molecular formula is C17H22O5. The molecule has 0 spiro atoms. The number of rotatable bonds is 5. The van der Waals surface area contributed by atoms with Crippen LogP contribution in [0.25, 0.3) is 0 Å². The summed E-state index contributed by atoms with van der Waals surface area (Å²) in [5.74, 6) is -0.375. The quantitative estimate of drug-likeness (QED) is 0.846. The molecule has 0 unspecified atom stereocenters. The fraction of sp³-hybridized carbons (Fsp3) is 0.529. The number of hydrogen-bond donors (Lipinski definition) is 1. The maximum absolute atomic E-state index is 11.7. The Kier molecular flexibility index (Phi) is 5.41. The number of carbonyl (C=O) groups excluding carboxylic acids is 1. The average Bonchev–Trinajstić information content (AvgIpc) is 2.48. The molecule has 2 rings (SSSR count). The van der Waals surface area contributed by atoms with Gasteiger partial charge in [-0.2, -0.15) is 0 Å². The lowest BCUT2D eigenvalue weighted by Crippen LogP contribution is -2.29. The Bertz CT molecular complexity index is 544. The van der Waals surface area contributed by atoms with E-state index < -0.39 is 5.97 Å². The van der Waals surface area contributed by atoms with E-state index in [0.717, 1.165) is 25.7 Å². The standard InChI is InChI=1S/C17H22O5/c1-3-21-17(20)12-4-6-13(7-5-12)22-14-8-9-15(16(18)19)11(2)10-14/h8-10,12-13H,3-7H2,1-2H3,(H,18,19). The molecule has 0 aliphatic heterocycles. The summed E-state index contributed by atoms with van der Waals surface area (Å²) < 4.78 is 11.0. The molecule has 5 nitrogen and oxygen atoms in total. The molecule has 1 aliphatic rings. The molecule has 0 radical (unpaired) electrons. The van der Waals surface area contributed by atoms with E-state index in [9.17, 15) is 9.59 Å². The monoisotopic (exact) mass is 306 g/mol. The van der Waals surface area contributed by atoms with Gasteiger partial charge in [0.15, 0.2) is 0 Å². The van der Waals surface area contributed by atoms with Crippen LogP contribution in [0.15, 0.2) is 18.2 Å². The topological polar surface area (TPSA) is 72.8 Å². The van der Waals surface area contributed by atoms with Gasteiger partial charge in [-0.05, 0) is 63.3 Å². The minimum Gasteiger partial charge on any atom is -0.490 e. The van der Waals surface area contributed by atoms with Crippen molar-refractivity contribution in [3.05, 3.63) is 29.3 Å². The number of hydrogen-bond acceptors (Lipinski definition) is 4. The van der Waals surface area contributed by atoms with Crippen LogP contribution in [-0.4, -0.2) is 29.8 Å². The molecule has 1 fully saturated rings. The van der Waals surface area contributed by atoms with E-state index >= 15 is 0 Å². The summed E-state index contributed by atoms with van der Waals surface area (Å²) in [5.41, 5.74) is 0.976. The number of carbonyl (C=O) groups is 2. The van der Waals surface area contributed by atoms with Gasteiger partial charge in [0.1, 0.15) is 5.75 Å². The minimum atomic E-state index is -0.931. The molecule has 1 aromatic carbocycles. The molecule has 120 valence electrons. The Labute approximate surface area is 130 Å². The lowest BCUT2D eigenvalue weighted by Gasteiger charge is -2.27. The number of carboxylic acids is 1. The van der Waals surface area contributed by atoms with Gasteiger partial charge in [-0.15, -0.1) is 0 Å². The van der Waals surface area contributed by atoms with E-state index in [1.54, 1.807) is 25.1 Å². The first-order valence-corrected chi connectivity index (χ1v) is 7.68. The normalized spacial score (nSPS) is 21.2. The highest BCUT2D eigenvalue weighted by Crippen LogP contribution is 2.29. The zero-order valence-corrected chi connectivity index (χ0v) is 13.0. The highest BCUT2D eigenvalue weighted by Gasteiger charge is 2.28. The second-order valence-corrected chi connectivity index (χ2v) is 5.63. The van der Waals surface area contributed by atoms with Crippen molar-refractivity contribution < 1.29 is 24.2 Å². The highest BCUT2D eigenvalue weighted by atomic mass is 16.5. The highest BCUT2D eigenvalue weighted by molar-refractivity contribution is 5.89. The molecule has 0 saturated heterocycles. The predicted molar refractivity (Wildman–Crippen MR) is 81.1 cm³/mol. The molecular weight excluding hydrogens is 284 g/mol. The van der Waals surface area contributed by atoms with Crippen molar-refractivity contribution in [1.82, 2.24) is 0 Å². The summed E-state index contributed by atoms with van der Waals surface area (Å²) in [6.45, 7) is 3.99. The van der Waals surface area contributed by atoms with E-state index in [-0.39, 0.29) is 18.0 Å². The van der Waals surface area contributed by atoms with E-state index in [1.165, 1.54) is 0 Å². The summed E-state index contributed by atoms with van der Waals surface area (Å²) in [6.07, 6.45) is 3.23. The van der Waals surface area contributed by atoms with Gasteiger partial charge >= 0.3 is 11.9 Å². The van der Waals surface area contributed by atoms with Crippen LogP contribution in [-0.2, 0) is 9.53 Å². The molecule has 1 aliphatic carbocycles. The smallest absolute Gasteiger partial charge is 0.335 e. The van der Waals surface area contributed by atoms with Crippen LogP contribution >= 0.6 is 0 Å². The number of aryl methyl sites for hydroxylation is 1. The summed E-state index contributed by atoms with van der Waals surface area (Å²) in [7, 11) is 0. The molecule has 0 atom stereocenters. The van der Waals surface area contributed by atoms with Gasteiger partial charge in [-0.25, -0.2) is 4.79 Å². The fourth-order valence-corrected chi connectivity index (χ4v) is 2.82. The van der Waals surface area contributed by atoms with Crippen LogP contribution < -0.4 is 4.74 Å². The van der Waals surface area contributed by atoms with Gasteiger partial charge in [0, 0.05) is 0 Å². The third-order valence-electron chi connectivity index (χ3n) is 4.03. The Morgan fingerprint density at radius 3 is 2.45 bits per heavy atom. The molecule has 1 aromatic rings. The molecule has 0 amide bonds. The lowest BCUT2D eigenvalue weighted by atomic mass is 9.87. The molecule has 0 bridgehead atoms. The zero-order valence-electron chi connectivity index (χ0n) is 13.0. The van der Waals surface area contributed by atoms with Crippen LogP contribution in [0, 0.1) is 12.8 Å². The van der Waals surface area contributed by atoms with Crippen LogP contribution in [0.1, 0.15) is 48.5 Å². The Hall–Kier alpha value is -2.04. The zero-order chi connectivity index (χ0) is 16.1. The van der Waals surface area contributed by atoms with Gasteiger partial charge in [-0.1, -0.05) is 0 Å². The third-order valence-corrected chi connectivity index (χ3v) is 4.03. The number of benzene rings is 1. The van der Waals surface area contributed by atoms with Gasteiger partial charge in [0.25, 0.3) is 0 Å². The number of esters is 1. The Balaban J connectivity index is 1.90. The van der Waals surface area contributed by atoms with Crippen molar-refractivity contribution >= 4 is 11.9 Å². The van der Waals surface area contributed by atoms with Gasteiger partial charge in [0.05, 0.1) is 24.2 Å². The second kappa shape index (κ2) is 7.29. The molecule has 1 N–H and O–H groups in total. The van der Waals surface area contributed by atoms with Crippen molar-refractivity contribution in [3.8, 4) is 5.75 Å². The minimum absolute atomic E-state index is 0.0177. The third kappa shape index (κ3) is 4.00. The average molecular weight is 306 g/mol. The number of ether oxygens (including phenoxy) is 2. The van der Waals surface area contributed by atoms with Crippen molar-refractivity contribution in [3.63, 3.8) is 0 Å². The van der Waals surface area contributed by atoms with E-state index in [2.05, 4.69) is 0 Å². The van der Waals surface area contributed by atoms with Crippen molar-refractivity contribution in [2.45, 2.75) is 45.6 Å². The lowest BCUT2D eigenvalue weighted by molar-refractivity contribution is -0.149. The maximum atomic E-state index is 11.7. The van der Waals surface area contributed by atoms with Gasteiger partial charge in [0.2, 0.25) is 0 Å². The fourth-order valence-electron chi connectivity index (χ4n) is 2.82. The van der Waals surface area contributed by atoms with Crippen molar-refractivity contribution in [2.75, 3.05) is 6.61 Å².